The van der Waals surface area contributed by atoms with Gasteiger partial charge in [0.2, 0.25) is 0 Å². The molecular formula is C20H21F2N5. The molecule has 5 nitrogen and oxygen atoms in total. The van der Waals surface area contributed by atoms with Gasteiger partial charge >= 0.3 is 0 Å². The number of fused-ring (bicyclic) bond motifs is 1. The number of rotatable bonds is 3. The lowest BCUT2D eigenvalue weighted by Crippen LogP contribution is -2.29. The summed E-state index contributed by atoms with van der Waals surface area (Å²) < 4.78 is 30.7. The van der Waals surface area contributed by atoms with Crippen LogP contribution in [0, 0.1) is 11.2 Å². The quantitative estimate of drug-likeness (QED) is 0.776. The molecule has 1 aromatic carbocycles. The maximum Gasteiger partial charge on any atom is 0.151 e. The minimum atomic E-state index is -0.639. The summed E-state index contributed by atoms with van der Waals surface area (Å²) in [7, 11) is 1.69. The lowest BCUT2D eigenvalue weighted by molar-refractivity contribution is 0.344. The number of nitrogens with zero attached hydrogens (tertiary/aromatic N) is 2. The van der Waals surface area contributed by atoms with Crippen molar-refractivity contribution in [2.75, 3.05) is 20.1 Å². The highest BCUT2D eigenvalue weighted by Crippen LogP contribution is 2.31. The fourth-order valence-electron chi connectivity index (χ4n) is 3.60. The fraction of sp³-hybridized carbons (Fsp3) is 0.300. The summed E-state index contributed by atoms with van der Waals surface area (Å²) in [6.07, 6.45) is 8.29. The number of benzene rings is 1. The summed E-state index contributed by atoms with van der Waals surface area (Å²) in [4.78, 5) is 0. The van der Waals surface area contributed by atoms with Crippen molar-refractivity contribution in [3.8, 4) is 0 Å². The average Bonchev–Trinajstić information content (AvgIpc) is 3.11. The summed E-state index contributed by atoms with van der Waals surface area (Å²) in [6.45, 7) is 1.86. The first-order valence-corrected chi connectivity index (χ1v) is 9.02. The van der Waals surface area contributed by atoms with E-state index in [2.05, 4.69) is 15.7 Å². The summed E-state index contributed by atoms with van der Waals surface area (Å²) in [5.41, 5.74) is 1.65. The number of hydrogen-bond donors (Lipinski definition) is 3. The minimum Gasteiger partial charge on any atom is -0.393 e. The van der Waals surface area contributed by atoms with Crippen LogP contribution < -0.4 is 10.6 Å². The zero-order valence-electron chi connectivity index (χ0n) is 15.0. The van der Waals surface area contributed by atoms with Crippen LogP contribution in [0.4, 0.5) is 8.78 Å². The van der Waals surface area contributed by atoms with Gasteiger partial charge in [0.25, 0.3) is 0 Å². The van der Waals surface area contributed by atoms with Crippen molar-refractivity contribution in [2.24, 2.45) is 0 Å². The number of piperidine rings is 1. The van der Waals surface area contributed by atoms with E-state index in [-0.39, 0.29) is 11.8 Å². The summed E-state index contributed by atoms with van der Waals surface area (Å²) in [5.74, 6) is -1.07. The van der Waals surface area contributed by atoms with Crippen LogP contribution in [0.2, 0.25) is 0 Å². The number of nitrogens with one attached hydrogen (secondary N) is 3. The number of allylic oxidation sites excluding steroid dienone is 5. The summed E-state index contributed by atoms with van der Waals surface area (Å²) >= 11 is 0. The third kappa shape index (κ3) is 3.30. The van der Waals surface area contributed by atoms with E-state index in [9.17, 15) is 8.78 Å². The Hall–Kier alpha value is -2.80. The predicted octanol–water partition coefficient (Wildman–Crippen LogP) is 3.47. The smallest absolute Gasteiger partial charge is 0.151 e. The first-order valence-electron chi connectivity index (χ1n) is 9.02. The Balaban J connectivity index is 1.75. The minimum absolute atomic E-state index is 0.187. The lowest BCUT2D eigenvalue weighted by Gasteiger charge is -2.22. The predicted molar refractivity (Wildman–Crippen MR) is 103 cm³/mol. The topological polar surface area (TPSA) is 65.7 Å². The van der Waals surface area contributed by atoms with Crippen LogP contribution in [0.3, 0.4) is 0 Å². The maximum absolute atomic E-state index is 14.7. The van der Waals surface area contributed by atoms with E-state index in [1.54, 1.807) is 19.3 Å². The van der Waals surface area contributed by atoms with Crippen molar-refractivity contribution in [1.82, 2.24) is 20.4 Å². The third-order valence-corrected chi connectivity index (χ3v) is 5.02. The molecule has 1 saturated heterocycles. The second-order valence-corrected chi connectivity index (χ2v) is 6.84. The number of hydrogen-bond acceptors (Lipinski definition) is 4. The number of aromatic nitrogens is 2. The SMILES string of the molecule is CN/C=C1/C=C(c2cc(F)c3nn(C4CCNCC4)cc3c2)C=C(F)C1=N. The zero-order valence-corrected chi connectivity index (χ0v) is 15.0. The van der Waals surface area contributed by atoms with Crippen molar-refractivity contribution in [1.29, 1.82) is 5.41 Å². The van der Waals surface area contributed by atoms with E-state index >= 15 is 0 Å². The molecule has 0 atom stereocenters. The van der Waals surface area contributed by atoms with Crippen molar-refractivity contribution >= 4 is 22.2 Å². The van der Waals surface area contributed by atoms with Crippen molar-refractivity contribution in [3.63, 3.8) is 0 Å². The van der Waals surface area contributed by atoms with Gasteiger partial charge in [-0.3, -0.25) is 10.1 Å². The van der Waals surface area contributed by atoms with Gasteiger partial charge in [0, 0.05) is 30.4 Å². The van der Waals surface area contributed by atoms with E-state index in [0.717, 1.165) is 25.9 Å². The highest BCUT2D eigenvalue weighted by atomic mass is 19.1. The Morgan fingerprint density at radius 3 is 2.78 bits per heavy atom. The van der Waals surface area contributed by atoms with Crippen LogP contribution in [-0.2, 0) is 0 Å². The molecule has 7 heteroatoms. The van der Waals surface area contributed by atoms with Gasteiger partial charge in [-0.05, 0) is 61.4 Å². The highest BCUT2D eigenvalue weighted by molar-refractivity contribution is 6.15. The molecule has 27 heavy (non-hydrogen) atoms. The second kappa shape index (κ2) is 7.08. The summed E-state index contributed by atoms with van der Waals surface area (Å²) in [5, 5.41) is 19.1. The Bertz CT molecular complexity index is 993. The molecular weight excluding hydrogens is 348 g/mol. The number of halogens is 2. The fourth-order valence-corrected chi connectivity index (χ4v) is 3.60. The van der Waals surface area contributed by atoms with Gasteiger partial charge in [-0.2, -0.15) is 5.10 Å². The molecule has 0 unspecified atom stereocenters. The van der Waals surface area contributed by atoms with Crippen LogP contribution in [0.25, 0.3) is 16.5 Å². The Kier molecular flexibility index (Phi) is 4.61. The van der Waals surface area contributed by atoms with Crippen LogP contribution in [-0.4, -0.2) is 35.6 Å². The monoisotopic (exact) mass is 369 g/mol. The summed E-state index contributed by atoms with van der Waals surface area (Å²) in [6, 6.07) is 3.46. The molecule has 140 valence electrons. The molecule has 1 aliphatic heterocycles. The van der Waals surface area contributed by atoms with E-state index in [1.807, 2.05) is 16.9 Å². The maximum atomic E-state index is 14.7. The first-order chi connectivity index (χ1) is 13.1. The van der Waals surface area contributed by atoms with Crippen LogP contribution in [0.1, 0.15) is 24.4 Å². The lowest BCUT2D eigenvalue weighted by atomic mass is 9.94. The molecule has 1 aliphatic carbocycles. The Morgan fingerprint density at radius 1 is 1.26 bits per heavy atom. The Morgan fingerprint density at radius 2 is 2.04 bits per heavy atom. The van der Waals surface area contributed by atoms with E-state index in [4.69, 9.17) is 5.41 Å². The third-order valence-electron chi connectivity index (χ3n) is 5.02. The molecule has 1 fully saturated rings. The molecule has 0 amide bonds. The van der Waals surface area contributed by atoms with Gasteiger partial charge < -0.3 is 10.6 Å². The second-order valence-electron chi connectivity index (χ2n) is 6.84. The largest absolute Gasteiger partial charge is 0.393 e. The molecule has 2 aromatic rings. The van der Waals surface area contributed by atoms with E-state index < -0.39 is 11.6 Å². The molecule has 3 N–H and O–H groups in total. The van der Waals surface area contributed by atoms with Crippen LogP contribution in [0.15, 0.2) is 48.1 Å². The highest BCUT2D eigenvalue weighted by Gasteiger charge is 2.20. The molecule has 0 saturated carbocycles. The van der Waals surface area contributed by atoms with Crippen LogP contribution >= 0.6 is 0 Å². The van der Waals surface area contributed by atoms with Gasteiger partial charge in [0.1, 0.15) is 11.3 Å². The van der Waals surface area contributed by atoms with Crippen molar-refractivity contribution in [3.05, 3.63) is 59.5 Å². The van der Waals surface area contributed by atoms with Gasteiger partial charge in [0.05, 0.1) is 11.8 Å². The van der Waals surface area contributed by atoms with E-state index in [1.165, 1.54) is 12.1 Å². The molecule has 0 spiro atoms. The Labute approximate surface area is 156 Å². The van der Waals surface area contributed by atoms with Gasteiger partial charge in [-0.1, -0.05) is 0 Å². The van der Waals surface area contributed by atoms with Crippen LogP contribution in [0.5, 0.6) is 0 Å². The molecule has 4 rings (SSSR count). The van der Waals surface area contributed by atoms with Crippen molar-refractivity contribution < 1.29 is 8.78 Å². The zero-order chi connectivity index (χ0) is 19.0. The standard InChI is InChI=1S/C20H21F2N5/c1-24-10-14-6-12(8-17(21)19(14)23)13-7-15-11-27(16-2-4-25-5-3-16)26-20(15)18(22)9-13/h6-11,16,23-25H,2-5H2,1H3/b14-10-,23-19?. The normalized spacial score (nSPS) is 20.1. The van der Waals surface area contributed by atoms with Gasteiger partial charge in [-0.15, -0.1) is 0 Å². The molecule has 2 heterocycles. The van der Waals surface area contributed by atoms with Gasteiger partial charge in [-0.25, -0.2) is 8.78 Å². The molecule has 1 aromatic heterocycles. The molecule has 0 bridgehead atoms. The van der Waals surface area contributed by atoms with Gasteiger partial charge in [0.15, 0.2) is 5.82 Å². The van der Waals surface area contributed by atoms with E-state index in [0.29, 0.717) is 27.6 Å². The first kappa shape index (κ1) is 17.6. The average molecular weight is 369 g/mol. The molecule has 0 radical (unpaired) electrons. The van der Waals surface area contributed by atoms with Crippen molar-refractivity contribution in [2.45, 2.75) is 18.9 Å². The molecule has 2 aliphatic rings.